The van der Waals surface area contributed by atoms with Crippen LogP contribution in [0.5, 0.6) is 0 Å². The van der Waals surface area contributed by atoms with E-state index in [1.54, 1.807) is 24.3 Å². The highest BCUT2D eigenvalue weighted by Gasteiger charge is 2.37. The number of sulfonamides is 1. The molecule has 2 saturated heterocycles. The van der Waals surface area contributed by atoms with Crippen LogP contribution in [0.25, 0.3) is 0 Å². The average molecular weight is 425 g/mol. The summed E-state index contributed by atoms with van der Waals surface area (Å²) < 4.78 is 27.2. The van der Waals surface area contributed by atoms with Crippen molar-refractivity contribution >= 4 is 27.5 Å². The average Bonchev–Trinajstić information content (AvgIpc) is 2.73. The normalized spacial score (nSPS) is 27.4. The van der Waals surface area contributed by atoms with Gasteiger partial charge in [0.1, 0.15) is 0 Å². The molecular weight excluding hydrogens is 396 g/mol. The highest BCUT2D eigenvalue weighted by Crippen LogP contribution is 2.37. The molecule has 3 aliphatic rings. The molecular formula is C21H29ClN2O3S. The van der Waals surface area contributed by atoms with E-state index in [9.17, 15) is 13.2 Å². The molecule has 28 heavy (non-hydrogen) atoms. The summed E-state index contributed by atoms with van der Waals surface area (Å²) in [4.78, 5) is 15.4. The Morgan fingerprint density at radius 1 is 0.893 bits per heavy atom. The van der Waals surface area contributed by atoms with Crippen molar-refractivity contribution in [3.8, 4) is 0 Å². The maximum Gasteiger partial charge on any atom is 0.243 e. The quantitative estimate of drug-likeness (QED) is 0.741. The lowest BCUT2D eigenvalue weighted by Crippen LogP contribution is -2.49. The van der Waals surface area contributed by atoms with Gasteiger partial charge in [-0.25, -0.2) is 8.42 Å². The first-order valence-corrected chi connectivity index (χ1v) is 12.3. The second-order valence-electron chi connectivity index (χ2n) is 8.51. The summed E-state index contributed by atoms with van der Waals surface area (Å²) in [7, 11) is -3.52. The fourth-order valence-corrected chi connectivity index (χ4v) is 6.75. The molecule has 3 fully saturated rings. The van der Waals surface area contributed by atoms with E-state index in [4.69, 9.17) is 11.6 Å². The summed E-state index contributed by atoms with van der Waals surface area (Å²) in [6.45, 7) is 2.60. The molecule has 0 bridgehead atoms. The van der Waals surface area contributed by atoms with Crippen LogP contribution in [-0.2, 0) is 14.8 Å². The van der Waals surface area contributed by atoms with E-state index in [-0.39, 0.29) is 16.7 Å². The van der Waals surface area contributed by atoms with Gasteiger partial charge in [-0.2, -0.15) is 4.31 Å². The van der Waals surface area contributed by atoms with Gasteiger partial charge >= 0.3 is 0 Å². The van der Waals surface area contributed by atoms with E-state index >= 15 is 0 Å². The van der Waals surface area contributed by atoms with Crippen LogP contribution < -0.4 is 0 Å². The lowest BCUT2D eigenvalue weighted by Gasteiger charge is -2.43. The zero-order valence-electron chi connectivity index (χ0n) is 16.2. The summed E-state index contributed by atoms with van der Waals surface area (Å²) in [5.41, 5.74) is 0. The van der Waals surface area contributed by atoms with Gasteiger partial charge in [0.15, 0.2) is 0 Å². The zero-order valence-corrected chi connectivity index (χ0v) is 17.8. The minimum Gasteiger partial charge on any atom is -0.342 e. The number of hydrogen-bond acceptors (Lipinski definition) is 3. The lowest BCUT2D eigenvalue weighted by atomic mass is 9.75. The molecule has 154 valence electrons. The molecule has 2 atom stereocenters. The summed E-state index contributed by atoms with van der Waals surface area (Å²) in [5.74, 6) is 1.69. The van der Waals surface area contributed by atoms with Gasteiger partial charge in [0.25, 0.3) is 0 Å². The topological polar surface area (TPSA) is 57.7 Å². The SMILES string of the molecule is O=C(C1CCN(S(=O)(=O)c2ccc(Cl)cc2)CC1)N1CC[C@@H]2CCCC[C@@H]2C1. The molecule has 1 saturated carbocycles. The van der Waals surface area contributed by atoms with Crippen molar-refractivity contribution in [2.75, 3.05) is 26.2 Å². The van der Waals surface area contributed by atoms with Crippen molar-refractivity contribution in [1.82, 2.24) is 9.21 Å². The third-order valence-electron chi connectivity index (χ3n) is 6.86. The number of carbonyl (C=O) groups is 1. The second-order valence-corrected chi connectivity index (χ2v) is 10.9. The summed E-state index contributed by atoms with van der Waals surface area (Å²) >= 11 is 5.87. The largest absolute Gasteiger partial charge is 0.342 e. The smallest absolute Gasteiger partial charge is 0.243 e. The Hall–Kier alpha value is -1.11. The molecule has 5 nitrogen and oxygen atoms in total. The van der Waals surface area contributed by atoms with Crippen molar-refractivity contribution in [2.24, 2.45) is 17.8 Å². The van der Waals surface area contributed by atoms with Crippen LogP contribution in [0.4, 0.5) is 0 Å². The van der Waals surface area contributed by atoms with Crippen molar-refractivity contribution in [3.05, 3.63) is 29.3 Å². The molecule has 0 unspecified atom stereocenters. The number of fused-ring (bicyclic) bond motifs is 1. The maximum atomic E-state index is 13.0. The molecule has 1 aliphatic carbocycles. The Labute approximate surface area is 173 Å². The fourth-order valence-electron chi connectivity index (χ4n) is 5.16. The molecule has 0 aromatic heterocycles. The molecule has 0 N–H and O–H groups in total. The van der Waals surface area contributed by atoms with Crippen molar-refractivity contribution in [3.63, 3.8) is 0 Å². The van der Waals surface area contributed by atoms with Crippen LogP contribution in [0.1, 0.15) is 44.9 Å². The van der Waals surface area contributed by atoms with E-state index in [1.807, 2.05) is 0 Å². The van der Waals surface area contributed by atoms with E-state index in [0.717, 1.165) is 25.4 Å². The predicted octanol–water partition coefficient (Wildman–Crippen LogP) is 3.78. The Kier molecular flexibility index (Phi) is 6.00. The van der Waals surface area contributed by atoms with Gasteiger partial charge < -0.3 is 4.90 Å². The summed E-state index contributed by atoms with van der Waals surface area (Å²) in [6.07, 6.45) is 7.58. The first-order chi connectivity index (χ1) is 13.4. The van der Waals surface area contributed by atoms with Crippen molar-refractivity contribution in [1.29, 1.82) is 0 Å². The fraction of sp³-hybridized carbons (Fsp3) is 0.667. The van der Waals surface area contributed by atoms with Gasteiger partial charge in [-0.05, 0) is 61.8 Å². The van der Waals surface area contributed by atoms with Gasteiger partial charge in [-0.1, -0.05) is 30.9 Å². The number of benzene rings is 1. The molecule has 2 heterocycles. The maximum absolute atomic E-state index is 13.0. The highest BCUT2D eigenvalue weighted by molar-refractivity contribution is 7.89. The number of carbonyl (C=O) groups excluding carboxylic acids is 1. The van der Waals surface area contributed by atoms with Gasteiger partial charge in [-0.3, -0.25) is 4.79 Å². The lowest BCUT2D eigenvalue weighted by molar-refractivity contribution is -0.139. The third-order valence-corrected chi connectivity index (χ3v) is 9.02. The number of piperidine rings is 2. The first kappa shape index (κ1) is 20.2. The predicted molar refractivity (Wildman–Crippen MR) is 110 cm³/mol. The first-order valence-electron chi connectivity index (χ1n) is 10.5. The zero-order chi connectivity index (χ0) is 19.7. The van der Waals surface area contributed by atoms with Crippen molar-refractivity contribution < 1.29 is 13.2 Å². The van der Waals surface area contributed by atoms with Crippen LogP contribution in [0, 0.1) is 17.8 Å². The van der Waals surface area contributed by atoms with Crippen LogP contribution >= 0.6 is 11.6 Å². The Morgan fingerprint density at radius 2 is 1.54 bits per heavy atom. The van der Waals surface area contributed by atoms with Crippen molar-refractivity contribution in [2.45, 2.75) is 49.8 Å². The van der Waals surface area contributed by atoms with Crippen LogP contribution in [0.3, 0.4) is 0 Å². The number of halogens is 1. The van der Waals surface area contributed by atoms with E-state index in [2.05, 4.69) is 4.90 Å². The standard InChI is InChI=1S/C21H29ClN2O3S/c22-19-5-7-20(8-6-19)28(26,27)24-13-10-17(11-14-24)21(25)23-12-9-16-3-1-2-4-18(16)15-23/h5-8,16-18H,1-4,9-15H2/t16-,18+/m0/s1. The number of amides is 1. The minimum atomic E-state index is -3.52. The van der Waals surface area contributed by atoms with E-state index in [1.165, 1.54) is 30.0 Å². The Balaban J connectivity index is 1.34. The van der Waals surface area contributed by atoms with Crippen LogP contribution in [0.15, 0.2) is 29.2 Å². The van der Waals surface area contributed by atoms with Gasteiger partial charge in [-0.15, -0.1) is 0 Å². The summed E-state index contributed by atoms with van der Waals surface area (Å²) in [5, 5.41) is 0.519. The number of nitrogens with zero attached hydrogens (tertiary/aromatic N) is 2. The van der Waals surface area contributed by atoms with Gasteiger partial charge in [0.05, 0.1) is 4.90 Å². The van der Waals surface area contributed by atoms with E-state index < -0.39 is 10.0 Å². The number of hydrogen-bond donors (Lipinski definition) is 0. The molecule has 1 amide bonds. The second kappa shape index (κ2) is 8.33. The molecule has 4 rings (SSSR count). The molecule has 7 heteroatoms. The molecule has 1 aromatic carbocycles. The Morgan fingerprint density at radius 3 is 2.21 bits per heavy atom. The molecule has 1 aromatic rings. The minimum absolute atomic E-state index is 0.0446. The number of rotatable bonds is 3. The van der Waals surface area contributed by atoms with Gasteiger partial charge in [0.2, 0.25) is 15.9 Å². The summed E-state index contributed by atoms with van der Waals surface area (Å²) in [6, 6.07) is 6.28. The third kappa shape index (κ3) is 4.10. The van der Waals surface area contributed by atoms with Gasteiger partial charge in [0, 0.05) is 37.1 Å². The van der Waals surface area contributed by atoms with Crippen LogP contribution in [-0.4, -0.2) is 49.7 Å². The molecule has 2 aliphatic heterocycles. The Bertz CT molecular complexity index is 803. The molecule has 0 radical (unpaired) electrons. The highest BCUT2D eigenvalue weighted by atomic mass is 35.5. The van der Waals surface area contributed by atoms with E-state index in [0.29, 0.717) is 36.9 Å². The van der Waals surface area contributed by atoms with Crippen LogP contribution in [0.2, 0.25) is 5.02 Å². The number of likely N-dealkylation sites (tertiary alicyclic amines) is 1. The monoisotopic (exact) mass is 424 g/mol. The molecule has 0 spiro atoms.